The van der Waals surface area contributed by atoms with Crippen LogP contribution in [0.25, 0.3) is 0 Å². The van der Waals surface area contributed by atoms with Crippen LogP contribution in [0.3, 0.4) is 0 Å². The molecule has 13 nitrogen and oxygen atoms in total. The van der Waals surface area contributed by atoms with E-state index in [1.807, 2.05) is 6.07 Å². The summed E-state index contributed by atoms with van der Waals surface area (Å²) in [6.45, 7) is 0. The van der Waals surface area contributed by atoms with Crippen LogP contribution in [0.5, 0.6) is 0 Å². The number of nitrogens with zero attached hydrogens (tertiary/aromatic N) is 3. The van der Waals surface area contributed by atoms with Gasteiger partial charge >= 0.3 is 11.9 Å². The van der Waals surface area contributed by atoms with Gasteiger partial charge in [-0.1, -0.05) is 30.3 Å². The highest BCUT2D eigenvalue weighted by atomic mass is 32.2. The number of carbonyl (C=O) groups excluding carboxylic acids is 2. The number of nitriles is 1. The molecule has 1 aliphatic heterocycles. The van der Waals surface area contributed by atoms with E-state index in [2.05, 4.69) is 0 Å². The average Bonchev–Trinajstić information content (AvgIpc) is 2.86. The SMILES string of the molecule is COC(=O)C1=C(C(=O)OC)N(c2ccc(S(=O)(=O)O)cc2[N+](=O)[O-])C(N)=C(C#N)C1c1ccccc1. The van der Waals surface area contributed by atoms with Crippen LogP contribution in [-0.4, -0.2) is 44.1 Å². The highest BCUT2D eigenvalue weighted by Gasteiger charge is 2.44. The van der Waals surface area contributed by atoms with Gasteiger partial charge in [0.15, 0.2) is 0 Å². The minimum Gasteiger partial charge on any atom is -0.466 e. The molecule has 0 fully saturated rings. The zero-order valence-electron chi connectivity index (χ0n) is 18.7. The molecule has 2 aromatic rings. The van der Waals surface area contributed by atoms with Gasteiger partial charge in [-0.15, -0.1) is 0 Å². The number of anilines is 1. The Hall–Kier alpha value is -4.74. The van der Waals surface area contributed by atoms with E-state index in [1.54, 1.807) is 30.3 Å². The number of carbonyl (C=O) groups is 2. The molecule has 2 aromatic carbocycles. The Balaban J connectivity index is 2.49. The van der Waals surface area contributed by atoms with Crippen molar-refractivity contribution in [2.24, 2.45) is 5.73 Å². The van der Waals surface area contributed by atoms with Gasteiger partial charge in [-0.05, 0) is 17.7 Å². The van der Waals surface area contributed by atoms with Gasteiger partial charge in [-0.2, -0.15) is 13.7 Å². The predicted octanol–water partition coefficient (Wildman–Crippen LogP) is 1.74. The maximum Gasteiger partial charge on any atom is 0.355 e. The van der Waals surface area contributed by atoms with Crippen LogP contribution in [0.4, 0.5) is 11.4 Å². The van der Waals surface area contributed by atoms with Crippen molar-refractivity contribution in [2.75, 3.05) is 19.1 Å². The standard InChI is InChI=1S/C22H18N4O9S/c1-34-21(27)18-17(12-6-4-3-5-7-12)14(11-23)20(24)25(19(18)22(28)35-2)15-9-8-13(36(31,32)33)10-16(15)26(29)30/h3-10,17H,24H2,1-2H3,(H,31,32,33). The van der Waals surface area contributed by atoms with Crippen molar-refractivity contribution in [2.45, 2.75) is 10.8 Å². The average molecular weight is 514 g/mol. The highest BCUT2D eigenvalue weighted by Crippen LogP contribution is 2.45. The number of allylic oxidation sites excluding steroid dienone is 1. The molecule has 0 saturated carbocycles. The predicted molar refractivity (Wildman–Crippen MR) is 122 cm³/mol. The fourth-order valence-electron chi connectivity index (χ4n) is 3.76. The summed E-state index contributed by atoms with van der Waals surface area (Å²) in [6.07, 6.45) is 0. The van der Waals surface area contributed by atoms with E-state index in [4.69, 9.17) is 15.2 Å². The van der Waals surface area contributed by atoms with Crippen molar-refractivity contribution in [3.63, 3.8) is 0 Å². The zero-order chi connectivity index (χ0) is 26.8. The third kappa shape index (κ3) is 4.48. The van der Waals surface area contributed by atoms with Crippen molar-refractivity contribution in [3.8, 4) is 6.07 Å². The van der Waals surface area contributed by atoms with Crippen LogP contribution in [0.15, 0.2) is 76.1 Å². The number of nitrogens with two attached hydrogens (primary N) is 1. The zero-order valence-corrected chi connectivity index (χ0v) is 19.6. The number of nitro groups is 1. The summed E-state index contributed by atoms with van der Waals surface area (Å²) in [5, 5.41) is 21.9. The summed E-state index contributed by atoms with van der Waals surface area (Å²) in [7, 11) is -2.81. The Bertz CT molecular complexity index is 1470. The van der Waals surface area contributed by atoms with E-state index >= 15 is 0 Å². The molecule has 0 spiro atoms. The number of benzene rings is 2. The van der Waals surface area contributed by atoms with Crippen molar-refractivity contribution in [3.05, 3.63) is 86.9 Å². The summed E-state index contributed by atoms with van der Waals surface area (Å²) in [4.78, 5) is 36.8. The number of methoxy groups -OCH3 is 2. The number of hydrogen-bond acceptors (Lipinski definition) is 11. The van der Waals surface area contributed by atoms with E-state index in [0.29, 0.717) is 11.6 Å². The molecular weight excluding hydrogens is 496 g/mol. The Kier molecular flexibility index (Phi) is 7.09. The highest BCUT2D eigenvalue weighted by molar-refractivity contribution is 7.85. The number of ether oxygens (including phenoxy) is 2. The molecular formula is C22H18N4O9S. The Morgan fingerprint density at radius 3 is 2.25 bits per heavy atom. The summed E-state index contributed by atoms with van der Waals surface area (Å²) < 4.78 is 42.1. The van der Waals surface area contributed by atoms with E-state index in [1.165, 1.54) is 0 Å². The first-order valence-corrected chi connectivity index (χ1v) is 11.3. The summed E-state index contributed by atoms with van der Waals surface area (Å²) in [6, 6.07) is 12.2. The summed E-state index contributed by atoms with van der Waals surface area (Å²) in [5.74, 6) is -3.86. The molecule has 0 aliphatic carbocycles. The first-order chi connectivity index (χ1) is 17.0. The van der Waals surface area contributed by atoms with Gasteiger partial charge in [0.05, 0.1) is 42.3 Å². The molecule has 1 unspecified atom stereocenters. The first kappa shape index (κ1) is 25.9. The van der Waals surface area contributed by atoms with Gasteiger partial charge in [0.2, 0.25) is 0 Å². The van der Waals surface area contributed by atoms with Gasteiger partial charge in [0, 0.05) is 6.07 Å². The molecule has 0 aromatic heterocycles. The van der Waals surface area contributed by atoms with Crippen LogP contribution >= 0.6 is 0 Å². The van der Waals surface area contributed by atoms with Gasteiger partial charge in [-0.25, -0.2) is 9.59 Å². The Morgan fingerprint density at radius 2 is 1.75 bits per heavy atom. The molecule has 0 saturated heterocycles. The lowest BCUT2D eigenvalue weighted by Gasteiger charge is -2.35. The van der Waals surface area contributed by atoms with Crippen LogP contribution in [0, 0.1) is 21.4 Å². The lowest BCUT2D eigenvalue weighted by molar-refractivity contribution is -0.384. The third-order valence-electron chi connectivity index (χ3n) is 5.29. The molecule has 14 heteroatoms. The normalized spacial score (nSPS) is 15.8. The van der Waals surface area contributed by atoms with E-state index in [9.17, 15) is 37.9 Å². The van der Waals surface area contributed by atoms with E-state index < -0.39 is 66.3 Å². The van der Waals surface area contributed by atoms with Crippen molar-refractivity contribution in [1.82, 2.24) is 0 Å². The molecule has 0 amide bonds. The molecule has 36 heavy (non-hydrogen) atoms. The minimum absolute atomic E-state index is 0.248. The number of esters is 2. The second-order valence-electron chi connectivity index (χ2n) is 7.22. The second kappa shape index (κ2) is 9.86. The lowest BCUT2D eigenvalue weighted by Crippen LogP contribution is -2.41. The molecule has 1 heterocycles. The summed E-state index contributed by atoms with van der Waals surface area (Å²) in [5.41, 5.74) is 4.04. The topological polar surface area (TPSA) is 203 Å². The van der Waals surface area contributed by atoms with Gasteiger partial charge < -0.3 is 15.2 Å². The van der Waals surface area contributed by atoms with Gasteiger partial charge in [-0.3, -0.25) is 19.6 Å². The fourth-order valence-corrected chi connectivity index (χ4v) is 4.26. The summed E-state index contributed by atoms with van der Waals surface area (Å²) >= 11 is 0. The lowest BCUT2D eigenvalue weighted by atomic mass is 9.81. The molecule has 3 rings (SSSR count). The van der Waals surface area contributed by atoms with Crippen molar-refractivity contribution >= 4 is 33.4 Å². The fraction of sp³-hybridized carbons (Fsp3) is 0.136. The third-order valence-corrected chi connectivity index (χ3v) is 6.14. The molecule has 1 atom stereocenters. The van der Waals surface area contributed by atoms with Crippen LogP contribution < -0.4 is 10.6 Å². The molecule has 0 radical (unpaired) electrons. The van der Waals surface area contributed by atoms with E-state index in [-0.39, 0.29) is 5.57 Å². The van der Waals surface area contributed by atoms with Crippen molar-refractivity contribution in [1.29, 1.82) is 5.26 Å². The number of rotatable bonds is 6. The van der Waals surface area contributed by atoms with E-state index in [0.717, 1.165) is 31.3 Å². The Labute approximate surface area is 204 Å². The van der Waals surface area contributed by atoms with Crippen LogP contribution in [0.2, 0.25) is 0 Å². The maximum absolute atomic E-state index is 13.0. The van der Waals surface area contributed by atoms with Crippen molar-refractivity contribution < 1.29 is 37.0 Å². The second-order valence-corrected chi connectivity index (χ2v) is 8.64. The Morgan fingerprint density at radius 1 is 1.14 bits per heavy atom. The number of nitro benzene ring substituents is 1. The molecule has 3 N–H and O–H groups in total. The number of hydrogen-bond donors (Lipinski definition) is 2. The quantitative estimate of drug-likeness (QED) is 0.245. The molecule has 0 bridgehead atoms. The smallest absolute Gasteiger partial charge is 0.355 e. The van der Waals surface area contributed by atoms with Gasteiger partial charge in [0.1, 0.15) is 22.1 Å². The molecule has 1 aliphatic rings. The largest absolute Gasteiger partial charge is 0.466 e. The maximum atomic E-state index is 13.0. The van der Waals surface area contributed by atoms with Gasteiger partial charge in [0.25, 0.3) is 15.8 Å². The first-order valence-electron chi connectivity index (χ1n) is 9.89. The van der Waals surface area contributed by atoms with Crippen LogP contribution in [0.1, 0.15) is 11.5 Å². The monoisotopic (exact) mass is 514 g/mol. The minimum atomic E-state index is -4.84. The van der Waals surface area contributed by atoms with Crippen LogP contribution in [-0.2, 0) is 29.2 Å². The molecule has 186 valence electrons.